The number of nitrogens with zero attached hydrogens (tertiary/aromatic N) is 1. The average molecular weight is 585 g/mol. The number of anilines is 3. The number of urea groups is 2. The van der Waals surface area contributed by atoms with Crippen LogP contribution in [0.5, 0.6) is 0 Å². The molecule has 0 saturated carbocycles. The number of carboxylic acid groups (broad SMARTS) is 1. The van der Waals surface area contributed by atoms with Crippen LogP contribution >= 0.6 is 0 Å². The summed E-state index contributed by atoms with van der Waals surface area (Å²) in [5.41, 5.74) is 0.742. The highest BCUT2D eigenvalue weighted by Gasteiger charge is 2.21. The average Bonchev–Trinajstić information content (AvgIpc) is 2.91. The molecular formula is C26H28N6O8S. The third-order valence-corrected chi connectivity index (χ3v) is 6.88. The van der Waals surface area contributed by atoms with Crippen LogP contribution in [0.3, 0.4) is 0 Å². The van der Waals surface area contributed by atoms with E-state index in [1.165, 1.54) is 72.8 Å². The number of rotatable bonds is 12. The predicted octanol–water partition coefficient (Wildman–Crippen LogP) is 4.26. The van der Waals surface area contributed by atoms with Crippen LogP contribution < -0.4 is 26.0 Å². The van der Waals surface area contributed by atoms with E-state index >= 15 is 0 Å². The molecule has 15 heteroatoms. The third-order valence-electron chi connectivity index (χ3n) is 5.50. The maximum absolute atomic E-state index is 13.1. The third kappa shape index (κ3) is 9.21. The molecule has 0 spiro atoms. The first-order chi connectivity index (χ1) is 19.5. The lowest BCUT2D eigenvalue weighted by Crippen LogP contribution is -2.33. The fraction of sp³-hybridized carbons (Fsp3) is 0.192. The molecule has 0 bridgehead atoms. The summed E-state index contributed by atoms with van der Waals surface area (Å²) in [7, 11) is -4.11. The number of benzene rings is 3. The number of amides is 4. The first kappa shape index (κ1) is 30.4. The summed E-state index contributed by atoms with van der Waals surface area (Å²) in [6.07, 6.45) is 0.218. The Morgan fingerprint density at radius 2 is 1.56 bits per heavy atom. The largest absolute Gasteiger partial charge is 0.481 e. The normalized spacial score (nSPS) is 11.5. The second kappa shape index (κ2) is 13.7. The number of carbonyl (C=O) groups excluding carboxylic acids is 2. The molecule has 0 heterocycles. The van der Waals surface area contributed by atoms with Crippen LogP contribution in [0.1, 0.15) is 31.4 Å². The number of carbonyl (C=O) groups is 3. The minimum absolute atomic E-state index is 0.106. The van der Waals surface area contributed by atoms with Crippen molar-refractivity contribution in [1.29, 1.82) is 0 Å². The van der Waals surface area contributed by atoms with Gasteiger partial charge in [0.15, 0.2) is 0 Å². The molecule has 1 atom stereocenters. The van der Waals surface area contributed by atoms with Gasteiger partial charge in [0.05, 0.1) is 22.3 Å². The van der Waals surface area contributed by atoms with Gasteiger partial charge in [0.2, 0.25) is 0 Å². The van der Waals surface area contributed by atoms with E-state index in [4.69, 9.17) is 0 Å². The maximum Gasteiger partial charge on any atom is 0.319 e. The highest BCUT2D eigenvalue weighted by atomic mass is 32.2. The summed E-state index contributed by atoms with van der Waals surface area (Å²) in [6, 6.07) is 14.2. The van der Waals surface area contributed by atoms with Crippen molar-refractivity contribution in [1.82, 2.24) is 10.6 Å². The molecule has 4 amide bonds. The fourth-order valence-electron chi connectivity index (χ4n) is 3.61. The van der Waals surface area contributed by atoms with Gasteiger partial charge in [0.1, 0.15) is 0 Å². The van der Waals surface area contributed by atoms with E-state index < -0.39 is 45.4 Å². The van der Waals surface area contributed by atoms with E-state index in [1.807, 2.05) is 6.92 Å². The zero-order chi connectivity index (χ0) is 30.0. The first-order valence-electron chi connectivity index (χ1n) is 12.3. The number of nitro groups is 1. The number of hydrogen-bond acceptors (Lipinski definition) is 7. The second-order valence-corrected chi connectivity index (χ2v) is 10.4. The van der Waals surface area contributed by atoms with Gasteiger partial charge in [-0.05, 0) is 54.4 Å². The topological polar surface area (TPSA) is 209 Å². The fourth-order valence-corrected chi connectivity index (χ4v) is 4.70. The maximum atomic E-state index is 13.1. The molecule has 0 fully saturated rings. The smallest absolute Gasteiger partial charge is 0.319 e. The zero-order valence-electron chi connectivity index (χ0n) is 21.8. The van der Waals surface area contributed by atoms with Crippen LogP contribution in [0, 0.1) is 10.1 Å². The lowest BCUT2D eigenvalue weighted by atomic mass is 10.0. The van der Waals surface area contributed by atoms with E-state index in [0.717, 1.165) is 6.42 Å². The zero-order valence-corrected chi connectivity index (χ0v) is 22.6. The summed E-state index contributed by atoms with van der Waals surface area (Å²) < 4.78 is 28.5. The summed E-state index contributed by atoms with van der Waals surface area (Å²) in [5, 5.41) is 30.4. The Kier molecular flexibility index (Phi) is 10.2. The molecule has 0 aliphatic carbocycles. The van der Waals surface area contributed by atoms with Crippen molar-refractivity contribution in [3.05, 3.63) is 88.5 Å². The van der Waals surface area contributed by atoms with Crippen LogP contribution in [0.15, 0.2) is 77.7 Å². The Balaban J connectivity index is 1.75. The number of nitro benzene ring substituents is 1. The highest BCUT2D eigenvalue weighted by Crippen LogP contribution is 2.24. The molecule has 3 rings (SSSR count). The van der Waals surface area contributed by atoms with Gasteiger partial charge in [0.25, 0.3) is 15.7 Å². The van der Waals surface area contributed by atoms with Crippen molar-refractivity contribution in [2.45, 2.75) is 30.7 Å². The predicted molar refractivity (Wildman–Crippen MR) is 151 cm³/mol. The van der Waals surface area contributed by atoms with Gasteiger partial charge in [-0.1, -0.05) is 25.1 Å². The molecule has 3 aromatic rings. The summed E-state index contributed by atoms with van der Waals surface area (Å²) >= 11 is 0. The number of nitrogens with one attached hydrogen (secondary N) is 5. The molecule has 3 aromatic carbocycles. The van der Waals surface area contributed by atoms with Gasteiger partial charge >= 0.3 is 18.0 Å². The van der Waals surface area contributed by atoms with E-state index in [1.54, 1.807) is 0 Å². The minimum atomic E-state index is -4.11. The van der Waals surface area contributed by atoms with Crippen LogP contribution in [0.4, 0.5) is 32.3 Å². The Morgan fingerprint density at radius 3 is 2.22 bits per heavy atom. The molecular weight excluding hydrogens is 556 g/mol. The van der Waals surface area contributed by atoms with Crippen LogP contribution in [0.25, 0.3) is 0 Å². The number of sulfonamides is 1. The second-order valence-electron chi connectivity index (χ2n) is 8.69. The molecule has 0 aliphatic heterocycles. The standard InChI is InChI=1S/C26H28N6O8S/c1-2-13-27-25(35)29-19-6-4-8-22(15-19)41(39,40)31-20-7-3-5-17(14-20)23(16-24(33)34)30-26(36)28-18-9-11-21(12-10-18)32(37)38/h3-12,14-15,23,31H,2,13,16H2,1H3,(H,33,34)(H2,27,29,35)(H2,28,30,36)/t23-/m1/s1. The minimum Gasteiger partial charge on any atom is -0.481 e. The molecule has 0 unspecified atom stereocenters. The molecule has 0 saturated heterocycles. The van der Waals surface area contributed by atoms with E-state index in [0.29, 0.717) is 12.1 Å². The van der Waals surface area contributed by atoms with Gasteiger partial charge in [-0.3, -0.25) is 19.6 Å². The van der Waals surface area contributed by atoms with Gasteiger partial charge in [-0.25, -0.2) is 18.0 Å². The van der Waals surface area contributed by atoms with Crippen molar-refractivity contribution in [3.63, 3.8) is 0 Å². The molecule has 0 aliphatic rings. The molecule has 41 heavy (non-hydrogen) atoms. The van der Waals surface area contributed by atoms with E-state index in [-0.39, 0.29) is 27.6 Å². The molecule has 6 N–H and O–H groups in total. The Morgan fingerprint density at radius 1 is 0.902 bits per heavy atom. The van der Waals surface area contributed by atoms with Gasteiger partial charge in [0, 0.05) is 35.7 Å². The quantitative estimate of drug-likeness (QED) is 0.133. The van der Waals surface area contributed by atoms with Gasteiger partial charge in [-0.2, -0.15) is 0 Å². The Bertz CT molecular complexity index is 1530. The van der Waals surface area contributed by atoms with Crippen LogP contribution in [-0.4, -0.2) is 43.0 Å². The molecule has 0 radical (unpaired) electrons. The Hall–Kier alpha value is -5.18. The van der Waals surface area contributed by atoms with E-state index in [9.17, 15) is 38.0 Å². The van der Waals surface area contributed by atoms with Crippen LogP contribution in [-0.2, 0) is 14.8 Å². The monoisotopic (exact) mass is 584 g/mol. The summed E-state index contributed by atoms with van der Waals surface area (Å²) in [5.74, 6) is -1.22. The number of carboxylic acids is 1. The lowest BCUT2D eigenvalue weighted by molar-refractivity contribution is -0.384. The molecule has 0 aromatic heterocycles. The number of non-ortho nitro benzene ring substituents is 1. The Labute approximate surface area is 235 Å². The van der Waals surface area contributed by atoms with Crippen molar-refractivity contribution >= 4 is 50.8 Å². The van der Waals surface area contributed by atoms with Crippen molar-refractivity contribution in [2.24, 2.45) is 0 Å². The summed E-state index contributed by atoms with van der Waals surface area (Å²) in [4.78, 5) is 46.1. The van der Waals surface area contributed by atoms with Crippen LogP contribution in [0.2, 0.25) is 0 Å². The summed E-state index contributed by atoms with van der Waals surface area (Å²) in [6.45, 7) is 2.35. The van der Waals surface area contributed by atoms with Gasteiger partial charge < -0.3 is 26.4 Å². The van der Waals surface area contributed by atoms with Crippen molar-refractivity contribution in [3.8, 4) is 0 Å². The highest BCUT2D eigenvalue weighted by molar-refractivity contribution is 7.92. The first-order valence-corrected chi connectivity index (χ1v) is 13.8. The van der Waals surface area contributed by atoms with Gasteiger partial charge in [-0.15, -0.1) is 0 Å². The molecule has 216 valence electrons. The number of hydrogen-bond donors (Lipinski definition) is 6. The number of aliphatic carboxylic acids is 1. The van der Waals surface area contributed by atoms with Crippen molar-refractivity contribution < 1.29 is 32.8 Å². The van der Waals surface area contributed by atoms with Crippen molar-refractivity contribution in [2.75, 3.05) is 21.9 Å². The lowest BCUT2D eigenvalue weighted by Gasteiger charge is -2.19. The SMILES string of the molecule is CCCNC(=O)Nc1cccc(S(=O)(=O)Nc2cccc([C@@H](CC(=O)O)NC(=O)Nc3ccc([N+](=O)[O-])cc3)c2)c1. The van der Waals surface area contributed by atoms with E-state index in [2.05, 4.69) is 26.0 Å². The molecule has 14 nitrogen and oxygen atoms in total.